The van der Waals surface area contributed by atoms with Gasteiger partial charge in [-0.1, -0.05) is 6.92 Å². The highest BCUT2D eigenvalue weighted by molar-refractivity contribution is 7.63. The standard InChI is InChI=1S/C6H17N2OP/c1-4-10(9,5-7-2)6-8-3/h7-8H,4-6H2,1-3H3. The van der Waals surface area contributed by atoms with Crippen molar-refractivity contribution in [3.63, 3.8) is 0 Å². The van der Waals surface area contributed by atoms with Crippen LogP contribution >= 0.6 is 7.14 Å². The molecule has 2 N–H and O–H groups in total. The Morgan fingerprint density at radius 1 is 1.20 bits per heavy atom. The van der Waals surface area contributed by atoms with Gasteiger partial charge in [0, 0.05) is 6.16 Å². The number of hydrogen-bond donors (Lipinski definition) is 2. The van der Waals surface area contributed by atoms with Gasteiger partial charge in [0.2, 0.25) is 0 Å². The number of rotatable bonds is 5. The molecule has 0 aromatic carbocycles. The zero-order valence-electron chi connectivity index (χ0n) is 6.98. The highest BCUT2D eigenvalue weighted by Crippen LogP contribution is 2.41. The third kappa shape index (κ3) is 3.35. The second kappa shape index (κ2) is 4.89. The lowest BCUT2D eigenvalue weighted by atomic mass is 11.0. The first-order valence-corrected chi connectivity index (χ1v) is 5.81. The topological polar surface area (TPSA) is 41.1 Å². The van der Waals surface area contributed by atoms with Crippen molar-refractivity contribution in [2.24, 2.45) is 0 Å². The molecule has 0 aliphatic carbocycles. The summed E-state index contributed by atoms with van der Waals surface area (Å²) >= 11 is 0. The van der Waals surface area contributed by atoms with Gasteiger partial charge in [-0.15, -0.1) is 0 Å². The summed E-state index contributed by atoms with van der Waals surface area (Å²) in [5.74, 6) is 0. The Labute approximate surface area is 63.0 Å². The molecule has 0 heterocycles. The lowest BCUT2D eigenvalue weighted by Crippen LogP contribution is -2.18. The minimum absolute atomic E-state index is 0.643. The van der Waals surface area contributed by atoms with Crippen LogP contribution in [0.5, 0.6) is 0 Å². The Bertz CT molecular complexity index is 117. The molecule has 10 heavy (non-hydrogen) atoms. The van der Waals surface area contributed by atoms with Gasteiger partial charge in [-0.3, -0.25) is 0 Å². The van der Waals surface area contributed by atoms with E-state index in [9.17, 15) is 4.57 Å². The summed E-state index contributed by atoms with van der Waals surface area (Å²) in [6, 6.07) is 0. The summed E-state index contributed by atoms with van der Waals surface area (Å²) in [4.78, 5) is 0. The van der Waals surface area contributed by atoms with Gasteiger partial charge in [-0.2, -0.15) is 0 Å². The maximum atomic E-state index is 11.7. The predicted molar refractivity (Wildman–Crippen MR) is 46.0 cm³/mol. The van der Waals surface area contributed by atoms with Gasteiger partial charge >= 0.3 is 0 Å². The summed E-state index contributed by atoms with van der Waals surface area (Å²) < 4.78 is 11.7. The first-order valence-electron chi connectivity index (χ1n) is 3.55. The van der Waals surface area contributed by atoms with E-state index in [1.165, 1.54) is 0 Å². The van der Waals surface area contributed by atoms with Crippen molar-refractivity contribution in [1.82, 2.24) is 10.6 Å². The van der Waals surface area contributed by atoms with Crippen molar-refractivity contribution >= 4 is 7.14 Å². The second-order valence-corrected chi connectivity index (χ2v) is 5.78. The molecule has 0 aliphatic rings. The summed E-state index contributed by atoms with van der Waals surface area (Å²) in [5, 5.41) is 5.88. The molecule has 3 nitrogen and oxygen atoms in total. The lowest BCUT2D eigenvalue weighted by Gasteiger charge is -2.14. The van der Waals surface area contributed by atoms with Crippen LogP contribution in [0.1, 0.15) is 6.92 Å². The van der Waals surface area contributed by atoms with Crippen molar-refractivity contribution in [3.8, 4) is 0 Å². The van der Waals surface area contributed by atoms with Crippen LogP contribution in [-0.2, 0) is 4.57 Å². The highest BCUT2D eigenvalue weighted by atomic mass is 31.2. The minimum atomic E-state index is -1.92. The molecule has 0 aromatic heterocycles. The first kappa shape index (κ1) is 10.2. The van der Waals surface area contributed by atoms with Crippen LogP contribution < -0.4 is 10.6 Å². The first-order chi connectivity index (χ1) is 4.68. The van der Waals surface area contributed by atoms with Crippen LogP contribution in [0.2, 0.25) is 0 Å². The van der Waals surface area contributed by atoms with Crippen molar-refractivity contribution < 1.29 is 4.57 Å². The zero-order chi connectivity index (χ0) is 8.04. The van der Waals surface area contributed by atoms with E-state index in [-0.39, 0.29) is 0 Å². The van der Waals surface area contributed by atoms with E-state index < -0.39 is 7.14 Å². The lowest BCUT2D eigenvalue weighted by molar-refractivity contribution is 0.569. The van der Waals surface area contributed by atoms with E-state index in [0.29, 0.717) is 12.6 Å². The molecule has 0 aliphatic heterocycles. The molecule has 0 bridgehead atoms. The van der Waals surface area contributed by atoms with Crippen LogP contribution in [0.15, 0.2) is 0 Å². The summed E-state index contributed by atoms with van der Waals surface area (Å²) in [6.45, 7) is 1.97. The normalized spacial score (nSPS) is 11.9. The van der Waals surface area contributed by atoms with E-state index in [2.05, 4.69) is 10.6 Å². The van der Waals surface area contributed by atoms with Crippen molar-refractivity contribution in [2.45, 2.75) is 6.92 Å². The van der Waals surface area contributed by atoms with Crippen LogP contribution in [0.4, 0.5) is 0 Å². The van der Waals surface area contributed by atoms with Crippen LogP contribution in [0.25, 0.3) is 0 Å². The fourth-order valence-corrected chi connectivity index (χ4v) is 2.57. The van der Waals surface area contributed by atoms with E-state index >= 15 is 0 Å². The molecule has 0 unspecified atom stereocenters. The van der Waals surface area contributed by atoms with Gasteiger partial charge in [0.15, 0.2) is 0 Å². The van der Waals surface area contributed by atoms with Crippen LogP contribution in [0.3, 0.4) is 0 Å². The fraction of sp³-hybridized carbons (Fsp3) is 1.00. The Hall–Kier alpha value is 0.150. The molecule has 0 radical (unpaired) electrons. The predicted octanol–water partition coefficient (Wildman–Crippen LogP) is 0.723. The third-order valence-electron chi connectivity index (χ3n) is 1.47. The van der Waals surface area contributed by atoms with Gasteiger partial charge in [-0.05, 0) is 14.1 Å². The van der Waals surface area contributed by atoms with Crippen LogP contribution in [0, 0.1) is 0 Å². The maximum absolute atomic E-state index is 11.7. The number of hydrogen-bond acceptors (Lipinski definition) is 3. The van der Waals surface area contributed by atoms with Gasteiger partial charge in [0.25, 0.3) is 0 Å². The van der Waals surface area contributed by atoms with Crippen LogP contribution in [-0.4, -0.2) is 32.8 Å². The summed E-state index contributed by atoms with van der Waals surface area (Å²) in [7, 11) is 1.74. The third-order valence-corrected chi connectivity index (χ3v) is 4.41. The Morgan fingerprint density at radius 3 is 1.80 bits per heavy atom. The van der Waals surface area contributed by atoms with Gasteiger partial charge in [0.05, 0.1) is 12.6 Å². The molecule has 0 saturated carbocycles. The van der Waals surface area contributed by atoms with E-state index in [4.69, 9.17) is 0 Å². The summed E-state index contributed by atoms with van der Waals surface area (Å²) in [5.41, 5.74) is 0. The molecule has 0 atom stereocenters. The molecule has 4 heteroatoms. The highest BCUT2D eigenvalue weighted by Gasteiger charge is 2.16. The fourth-order valence-electron chi connectivity index (χ4n) is 0.856. The monoisotopic (exact) mass is 164 g/mol. The van der Waals surface area contributed by atoms with E-state index in [1.807, 2.05) is 21.0 Å². The second-order valence-electron chi connectivity index (χ2n) is 2.40. The van der Waals surface area contributed by atoms with Crippen molar-refractivity contribution in [3.05, 3.63) is 0 Å². The zero-order valence-corrected chi connectivity index (χ0v) is 7.87. The van der Waals surface area contributed by atoms with Gasteiger partial charge < -0.3 is 15.2 Å². The molecule has 0 spiro atoms. The molecule has 62 valence electrons. The van der Waals surface area contributed by atoms with Gasteiger partial charge in [0.1, 0.15) is 7.14 Å². The van der Waals surface area contributed by atoms with E-state index in [0.717, 1.165) is 6.16 Å². The average molecular weight is 164 g/mol. The Kier molecular flexibility index (Phi) is 4.96. The molecule has 0 fully saturated rings. The van der Waals surface area contributed by atoms with Gasteiger partial charge in [-0.25, -0.2) is 0 Å². The maximum Gasteiger partial charge on any atom is 0.113 e. The number of nitrogens with one attached hydrogen (secondary N) is 2. The molecular weight excluding hydrogens is 147 g/mol. The molecule has 0 saturated heterocycles. The smallest absolute Gasteiger partial charge is 0.113 e. The van der Waals surface area contributed by atoms with Crippen molar-refractivity contribution in [2.75, 3.05) is 32.8 Å². The average Bonchev–Trinajstić information content (AvgIpc) is 1.89. The molecule has 0 aromatic rings. The SMILES string of the molecule is CCP(=O)(CNC)CNC. The van der Waals surface area contributed by atoms with Crippen molar-refractivity contribution in [1.29, 1.82) is 0 Å². The Morgan fingerprint density at radius 2 is 1.60 bits per heavy atom. The largest absolute Gasteiger partial charge is 0.321 e. The molecule has 0 rings (SSSR count). The molecule has 0 amide bonds. The summed E-state index contributed by atoms with van der Waals surface area (Å²) in [6.07, 6.45) is 2.06. The van der Waals surface area contributed by atoms with E-state index in [1.54, 1.807) is 0 Å². The minimum Gasteiger partial charge on any atom is -0.321 e. The molecular formula is C6H17N2OP. The Balaban J connectivity index is 3.83. The quantitative estimate of drug-likeness (QED) is 0.588.